The van der Waals surface area contributed by atoms with Gasteiger partial charge in [-0.05, 0) is 81.8 Å². The number of morpholine rings is 3. The van der Waals surface area contributed by atoms with Crippen LogP contribution in [0.1, 0.15) is 68.7 Å². The van der Waals surface area contributed by atoms with Gasteiger partial charge < -0.3 is 54.2 Å². The van der Waals surface area contributed by atoms with E-state index in [1.165, 1.54) is 52.2 Å². The molecule has 2 aromatic heterocycles. The lowest BCUT2D eigenvalue weighted by molar-refractivity contribution is -0.193. The van der Waals surface area contributed by atoms with Crippen molar-refractivity contribution in [3.05, 3.63) is 156 Å². The monoisotopic (exact) mass is 1460 g/mol. The lowest BCUT2D eigenvalue weighted by Crippen LogP contribution is -2.57. The normalized spacial score (nSPS) is 19.6. The first-order valence-corrected chi connectivity index (χ1v) is 28.7. The molecule has 17 nitrogen and oxygen atoms in total. The highest BCUT2D eigenvalue weighted by atomic mass is 79.9. The molecule has 0 aliphatic carbocycles. The summed E-state index contributed by atoms with van der Waals surface area (Å²) in [5.41, 5.74) is -6.97. The summed E-state index contributed by atoms with van der Waals surface area (Å²) in [6.45, 7) is 4.95. The zero-order valence-electron chi connectivity index (χ0n) is 50.5. The number of carbonyl (C=O) groups is 4. The molecular weight excluding hydrogens is 1400 g/mol. The number of methoxy groups -OCH3 is 1. The van der Waals surface area contributed by atoms with Crippen LogP contribution in [0.25, 0.3) is 22.0 Å². The molecular formula is C60H55BrF18N6O11. The fraction of sp³-hybridized carbons (Fsp3) is 0.400. The van der Waals surface area contributed by atoms with Gasteiger partial charge in [0.25, 0.3) is 11.5 Å². The number of halogens is 19. The number of nitrogens with one attached hydrogen (secondary N) is 2. The minimum Gasteiger partial charge on any atom is -0.480 e. The Morgan fingerprint density at radius 3 is 1.59 bits per heavy atom. The van der Waals surface area contributed by atoms with Crippen LogP contribution in [0, 0.1) is 41.8 Å². The number of esters is 1. The van der Waals surface area contributed by atoms with Crippen molar-refractivity contribution in [3.8, 4) is 11.1 Å². The van der Waals surface area contributed by atoms with E-state index in [0.717, 1.165) is 47.8 Å². The summed E-state index contributed by atoms with van der Waals surface area (Å²) >= 11 is 2.89. The number of aryl methyl sites for hydroxylation is 1. The van der Waals surface area contributed by atoms with Gasteiger partial charge in [-0.3, -0.25) is 14.6 Å². The first-order valence-electron chi connectivity index (χ1n) is 28.0. The van der Waals surface area contributed by atoms with E-state index in [1.54, 1.807) is 0 Å². The quantitative estimate of drug-likeness (QED) is 0.0742. The molecule has 3 aliphatic heterocycles. The van der Waals surface area contributed by atoms with Gasteiger partial charge in [-0.25, -0.2) is 40.7 Å². The lowest BCUT2D eigenvalue weighted by Gasteiger charge is -2.42. The molecule has 3 saturated heterocycles. The van der Waals surface area contributed by atoms with E-state index < -0.39 is 171 Å². The van der Waals surface area contributed by atoms with E-state index in [9.17, 15) is 99.3 Å². The number of carbonyl (C=O) groups excluding carboxylic acids is 2. The first-order chi connectivity index (χ1) is 44.5. The maximum absolute atomic E-state index is 15.2. The third-order valence-electron chi connectivity index (χ3n) is 15.0. The van der Waals surface area contributed by atoms with Gasteiger partial charge in [0.2, 0.25) is 0 Å². The Hall–Kier alpha value is -8.22. The highest BCUT2D eigenvalue weighted by molar-refractivity contribution is 9.10. The van der Waals surface area contributed by atoms with Crippen molar-refractivity contribution in [1.29, 1.82) is 0 Å². The number of anilines is 2. The van der Waals surface area contributed by atoms with Gasteiger partial charge in [-0.15, -0.1) is 0 Å². The van der Waals surface area contributed by atoms with Gasteiger partial charge in [-0.1, -0.05) is 34.1 Å². The molecule has 524 valence electrons. The summed E-state index contributed by atoms with van der Waals surface area (Å²) in [5.74, 6) is -13.9. The van der Waals surface area contributed by atoms with Crippen LogP contribution < -0.4 is 26.0 Å². The number of ether oxygens (including phenoxy) is 4. The lowest BCUT2D eigenvalue weighted by atomic mass is 9.93. The zero-order chi connectivity index (χ0) is 72.0. The predicted octanol–water partition coefficient (Wildman–Crippen LogP) is 12.0. The van der Waals surface area contributed by atoms with Crippen molar-refractivity contribution in [2.75, 3.05) is 56.4 Å². The average molecular weight is 1460 g/mol. The maximum Gasteiger partial charge on any atom is 0.417 e. The van der Waals surface area contributed by atoms with E-state index in [0.29, 0.717) is 35.8 Å². The second kappa shape index (κ2) is 30.9. The van der Waals surface area contributed by atoms with Crippen molar-refractivity contribution in [1.82, 2.24) is 20.2 Å². The molecule has 96 heavy (non-hydrogen) atoms. The molecule has 3 fully saturated rings. The molecule has 36 heteroatoms. The van der Waals surface area contributed by atoms with Gasteiger partial charge >= 0.3 is 42.6 Å². The van der Waals surface area contributed by atoms with Crippen LogP contribution in [-0.2, 0) is 43.4 Å². The summed E-state index contributed by atoms with van der Waals surface area (Å²) in [5, 5.41) is 23.1. The number of nitrogens with zero attached hydrogens (tertiary/aromatic N) is 4. The van der Waals surface area contributed by atoms with Gasteiger partial charge in [0.1, 0.15) is 63.7 Å². The maximum atomic E-state index is 15.2. The summed E-state index contributed by atoms with van der Waals surface area (Å²) in [6, 6.07) is 2.60. The number of aromatic carboxylic acids is 1. The van der Waals surface area contributed by atoms with Gasteiger partial charge in [-0.2, -0.15) is 52.7 Å². The number of aromatic nitrogens is 2. The smallest absolute Gasteiger partial charge is 0.417 e. The molecule has 4 aromatic carbocycles. The van der Waals surface area contributed by atoms with Crippen molar-refractivity contribution < 1.29 is 127 Å². The second-order valence-electron chi connectivity index (χ2n) is 21.3. The Morgan fingerprint density at radius 1 is 0.688 bits per heavy atom. The van der Waals surface area contributed by atoms with Crippen LogP contribution in [0.15, 0.2) is 82.2 Å². The number of hydrogen-bond acceptors (Lipinski definition) is 13. The average Bonchev–Trinajstić information content (AvgIpc) is 0.751. The highest BCUT2D eigenvalue weighted by Crippen LogP contribution is 2.41. The third-order valence-corrected chi connectivity index (χ3v) is 15.5. The number of carboxylic acid groups (broad SMARTS) is 2. The van der Waals surface area contributed by atoms with Crippen molar-refractivity contribution in [2.45, 2.75) is 101 Å². The van der Waals surface area contributed by atoms with Gasteiger partial charge in [0.05, 0.1) is 61.9 Å². The molecule has 0 saturated carbocycles. The predicted molar refractivity (Wildman–Crippen MR) is 308 cm³/mol. The highest BCUT2D eigenvalue weighted by Gasteiger charge is 2.51. The number of hydrogen-bond donors (Lipinski definition) is 4. The number of rotatable bonds is 10. The SMILES string of the molecule is CC1OCCNC1C(F)(F)F.COC(=O)c1c(F)cc(Br)cc1F.C[C@H]1OCCN(c2cc(F)c(C(=O)O)c(F)c2)[C@H]1C(F)(F)F.Cc1cc(C(F)(F)F)c(-c2ccc(C[C@H](NC(=O)c3c(F)cc(N4CCO[C@H](C)[C@@H]4C(F)(F)F)cc3F)C(=O)O)c3cccnc23)c(=O)n1C. The molecule has 1 amide bonds. The van der Waals surface area contributed by atoms with Crippen LogP contribution in [0.3, 0.4) is 0 Å². The van der Waals surface area contributed by atoms with Crippen molar-refractivity contribution >= 4 is 62.0 Å². The zero-order valence-corrected chi connectivity index (χ0v) is 52.0. The number of benzene rings is 4. The number of pyridine rings is 2. The van der Waals surface area contributed by atoms with Crippen LogP contribution >= 0.6 is 15.9 Å². The molecule has 5 heterocycles. The Balaban J connectivity index is 0.000000255. The molecule has 3 aliphatic rings. The van der Waals surface area contributed by atoms with Crippen molar-refractivity contribution in [2.24, 2.45) is 7.05 Å². The van der Waals surface area contributed by atoms with E-state index >= 15 is 8.78 Å². The minimum absolute atomic E-state index is 0.0440. The van der Waals surface area contributed by atoms with Gasteiger partial charge in [0.15, 0.2) is 12.1 Å². The van der Waals surface area contributed by atoms with Crippen LogP contribution in [0.5, 0.6) is 0 Å². The number of fused-ring (bicyclic) bond motifs is 1. The first kappa shape index (κ1) is 76.8. The number of alkyl halides is 12. The van der Waals surface area contributed by atoms with Gasteiger partial charge in [0, 0.05) is 71.8 Å². The molecule has 2 unspecified atom stereocenters. The second-order valence-corrected chi connectivity index (χ2v) is 22.3. The number of aliphatic carboxylic acids is 1. The third kappa shape index (κ3) is 18.1. The summed E-state index contributed by atoms with van der Waals surface area (Å²) in [6.07, 6.45) is -21.3. The van der Waals surface area contributed by atoms with E-state index in [4.69, 9.17) is 19.3 Å². The summed E-state index contributed by atoms with van der Waals surface area (Å²) in [7, 11) is 2.36. The molecule has 0 radical (unpaired) electrons. The fourth-order valence-electron chi connectivity index (χ4n) is 10.5. The van der Waals surface area contributed by atoms with E-state index in [-0.39, 0.29) is 70.7 Å². The molecule has 4 N–H and O–H groups in total. The molecule has 6 aromatic rings. The topological polar surface area (TPSA) is 211 Å². The minimum atomic E-state index is -4.92. The largest absolute Gasteiger partial charge is 0.480 e. The van der Waals surface area contributed by atoms with E-state index in [1.807, 2.05) is 5.32 Å². The Bertz CT molecular complexity index is 3840. The van der Waals surface area contributed by atoms with Crippen LogP contribution in [-0.4, -0.2) is 151 Å². The Morgan fingerprint density at radius 2 is 1.17 bits per heavy atom. The van der Waals surface area contributed by atoms with Crippen LogP contribution in [0.2, 0.25) is 0 Å². The summed E-state index contributed by atoms with van der Waals surface area (Å²) < 4.78 is 263. The molecule has 0 bridgehead atoms. The molecule has 7 atom stereocenters. The van der Waals surface area contributed by atoms with Crippen LogP contribution in [0.4, 0.5) is 90.4 Å². The van der Waals surface area contributed by atoms with Crippen molar-refractivity contribution in [3.63, 3.8) is 0 Å². The summed E-state index contributed by atoms with van der Waals surface area (Å²) in [4.78, 5) is 65.6. The molecule has 9 rings (SSSR count). The number of amides is 1. The Labute approximate surface area is 540 Å². The standard InChI is InChI=1S/C33H28F8N4O5.C13H12F5NO3.C8H5BrF2O2.C6H10F3NO/c1-15-11-21(32(36,37)38)25(30(47)44(15)3)20-7-6-17(19-5-4-8-42-27(19)20)12-24(31(48)49)43-29(46)26-22(34)13-18(14-23(26)35)45-9-10-50-16(2)28(45)33(39,40)41;1-6-11(13(16,17)18)19(2-3-22-6)7-4-8(14)10(12(20)21)9(15)5-7;1-13-8(12)7-5(10)2-4(9)3-6(7)11;1-4-5(6(7,8)9)10-2-3-11-4/h4-8,11,13-14,16,24,28H,9-10,12H2,1-3H3,(H,43,46)(H,48,49);4-6,11H,2-3H2,1H3,(H,20,21);2-3H,1H3;4-5,10H,2-3H2,1H3/t16-,24+,28-;6-,11-;;/m11../s1. The fourth-order valence-corrected chi connectivity index (χ4v) is 10.9. The molecule has 0 spiro atoms. The number of carboxylic acids is 2. The van der Waals surface area contributed by atoms with E-state index in [2.05, 4.69) is 31.0 Å². The Kier molecular flexibility index (Phi) is 24.7.